The highest BCUT2D eigenvalue weighted by Crippen LogP contribution is 2.40. The number of benzene rings is 6. The number of methoxy groups -OCH3 is 2. The number of unbranched alkanes of at least 4 members (excludes halogenated alkanes) is 7. The molecule has 0 aliphatic carbocycles. The molecule has 138 heavy (non-hydrogen) atoms. The third kappa shape index (κ3) is 46.6. The van der Waals surface area contributed by atoms with Gasteiger partial charge >= 0.3 is 35.8 Å². The Morgan fingerprint density at radius 2 is 0.572 bits per heavy atom. The van der Waals surface area contributed by atoms with Crippen LogP contribution in [0.2, 0.25) is 0 Å². The number of carboxylic acid groups (broad SMARTS) is 6. The summed E-state index contributed by atoms with van der Waals surface area (Å²) >= 11 is 3.92. The number of hydrogen-bond donors (Lipinski definition) is 19. The molecule has 772 valence electrons. The van der Waals surface area contributed by atoms with Gasteiger partial charge in [0.15, 0.2) is 11.5 Å². The SMILES string of the molecule is C1CCNC1.CCCCNc1cc(C(=O)O)cc(S(N)(=O)=O)c1C.CCCCNc1cc(C(=O)O)cc(S(N)(=O)=O)c1OC.CCCCNc1cc(C(=O)O)cc(S(N)(=O)=O)c1OC.CCCCNc1cc(C(=O)O)cc(S(N)(=O)=O)c1SC.CCCCNc1cc(C(=O)O)cc(S(N)(=O)=O)c1SCC.CCCCNc1cc(C(=O)O)cc(S(N)(=O)=O)c1SCCCC.c1ccoc1.c1ccoc1. The molecule has 0 bridgehead atoms. The number of rotatable bonds is 45. The third-order valence-electron chi connectivity index (χ3n) is 18.5. The van der Waals surface area contributed by atoms with Gasteiger partial charge < -0.3 is 86.2 Å². The first kappa shape index (κ1) is 126. The van der Waals surface area contributed by atoms with E-state index in [0.717, 1.165) is 132 Å². The van der Waals surface area contributed by atoms with Gasteiger partial charge in [0.05, 0.1) is 135 Å². The Kier molecular flexibility index (Phi) is 58.9. The Hall–Kier alpha value is -10.4. The van der Waals surface area contributed by atoms with Gasteiger partial charge in [-0.3, -0.25) is 0 Å². The lowest BCUT2D eigenvalue weighted by atomic mass is 10.1. The summed E-state index contributed by atoms with van der Waals surface area (Å²) in [6.45, 7) is 23.9. The lowest BCUT2D eigenvalue weighted by Gasteiger charge is -2.16. The van der Waals surface area contributed by atoms with Crippen LogP contribution >= 0.6 is 35.3 Å². The zero-order valence-corrected chi connectivity index (χ0v) is 86.6. The van der Waals surface area contributed by atoms with E-state index in [0.29, 0.717) is 99.4 Å². The number of anilines is 6. The molecule has 1 aliphatic rings. The summed E-state index contributed by atoms with van der Waals surface area (Å²) in [5.74, 6) is -5.80. The van der Waals surface area contributed by atoms with Crippen molar-refractivity contribution in [2.24, 2.45) is 30.8 Å². The average molecular weight is 2110 g/mol. The molecule has 1 fully saturated rings. The van der Waals surface area contributed by atoms with Crippen molar-refractivity contribution in [3.8, 4) is 11.5 Å². The number of primary sulfonamides is 6. The van der Waals surface area contributed by atoms with E-state index in [1.165, 1.54) is 112 Å². The van der Waals surface area contributed by atoms with Gasteiger partial charge in [0.25, 0.3) is 0 Å². The van der Waals surface area contributed by atoms with Crippen LogP contribution in [0.1, 0.15) is 226 Å². The topological polar surface area (TPSA) is 714 Å². The molecule has 0 atom stereocenters. The molecular formula is C88H133N13O28S9. The minimum absolute atomic E-state index is 0.0219. The Morgan fingerprint density at radius 1 is 0.341 bits per heavy atom. The molecule has 0 radical (unpaired) electrons. The number of carbonyl (C=O) groups is 6. The van der Waals surface area contributed by atoms with E-state index in [4.69, 9.17) is 65.8 Å². The molecule has 1 aliphatic heterocycles. The van der Waals surface area contributed by atoms with Gasteiger partial charge in [-0.25, -0.2) is 110 Å². The number of thioether (sulfide) groups is 3. The fraction of sp³-hybridized carbons (Fsp3) is 0.432. The van der Waals surface area contributed by atoms with Gasteiger partial charge in [-0.1, -0.05) is 100 Å². The molecule has 8 aromatic rings. The van der Waals surface area contributed by atoms with Crippen LogP contribution in [-0.4, -0.2) is 201 Å². The van der Waals surface area contributed by atoms with Gasteiger partial charge in [-0.05, 0) is 198 Å². The van der Waals surface area contributed by atoms with Gasteiger partial charge in [-0.15, -0.1) is 35.3 Å². The zero-order chi connectivity index (χ0) is 105. The molecule has 1 saturated heterocycles. The third-order valence-corrected chi connectivity index (χ3v) is 27.6. The van der Waals surface area contributed by atoms with Gasteiger partial charge in [0.1, 0.15) is 9.79 Å². The molecule has 0 amide bonds. The van der Waals surface area contributed by atoms with Crippen molar-refractivity contribution in [1.29, 1.82) is 0 Å². The Labute approximate surface area is 821 Å². The molecule has 41 nitrogen and oxygen atoms in total. The second kappa shape index (κ2) is 64.7. The van der Waals surface area contributed by atoms with E-state index in [-0.39, 0.29) is 74.3 Å². The number of furan rings is 2. The maximum atomic E-state index is 11.9. The molecule has 6 aromatic carbocycles. The average Bonchev–Trinajstić information content (AvgIpc) is 0.850. The van der Waals surface area contributed by atoms with Crippen molar-refractivity contribution < 1.29 is 128 Å². The standard InChI is InChI=1S/C15H24N2O4S2.C13H20N2O4S2.2C12H18N2O5S.C12H18N2O4S2.C12H18N2O4S.C4H9N.2C4H4O/c1-3-5-7-17-12-9-11(15(18)19)10-13(23(16,20)21)14(12)22-8-6-4-2;1-3-5-6-15-10-7-9(13(16)17)8-11(21(14,18)19)12(10)20-4-2;3*1-3-4-5-14-9-6-8(12(15)16)7-10(11(9)19-2)20(13,17)18;1-3-4-5-14-10-6-9(12(15)16)7-11(8(10)2)19(13,17)18;3*1-2-4-5-3-1/h9-10,17H,3-8H2,1-2H3,(H,18,19)(H2,16,20,21);7-8,15H,3-6H2,1-2H3,(H,16,17)(H2,14,18,19);3*6-7,14H,3-5H2,1-2H3,(H,15,16)(H2,13,17,18);6-7,14H,3-5H2,1-2H3,(H,15,16)(H2,13,17,18);5H,1-4H2;2*1-4H. The second-order valence-corrected chi connectivity index (χ2v) is 41.9. The summed E-state index contributed by atoms with van der Waals surface area (Å²) in [6, 6.07) is 22.1. The summed E-state index contributed by atoms with van der Waals surface area (Å²) in [6.07, 6.45) is 24.0. The monoisotopic (exact) mass is 2110 g/mol. The second-order valence-electron chi connectivity index (χ2n) is 29.5. The molecule has 0 unspecified atom stereocenters. The zero-order valence-electron chi connectivity index (χ0n) is 79.2. The molecule has 25 N–H and O–H groups in total. The Balaban J connectivity index is 0.000000801. The number of nitrogens with one attached hydrogen (secondary N) is 7. The maximum Gasteiger partial charge on any atom is 0.335 e. The largest absolute Gasteiger partial charge is 0.493 e. The van der Waals surface area contributed by atoms with E-state index in [9.17, 15) is 84.4 Å². The van der Waals surface area contributed by atoms with Gasteiger partial charge in [-0.2, -0.15) is 0 Å². The minimum atomic E-state index is -4.08. The fourth-order valence-electron chi connectivity index (χ4n) is 11.5. The van der Waals surface area contributed by atoms with Gasteiger partial charge in [0.2, 0.25) is 60.1 Å². The summed E-state index contributed by atoms with van der Waals surface area (Å²) in [5.41, 5.74) is 2.27. The van der Waals surface area contributed by atoms with Crippen molar-refractivity contribution in [1.82, 2.24) is 5.32 Å². The van der Waals surface area contributed by atoms with Crippen molar-refractivity contribution in [2.75, 3.05) is 116 Å². The molecule has 2 aromatic heterocycles. The fourth-order valence-corrected chi connectivity index (χ4v) is 20.0. The number of ether oxygens (including phenoxy) is 2. The van der Waals surface area contributed by atoms with Crippen LogP contribution in [0.25, 0.3) is 0 Å². The first-order chi connectivity index (χ1) is 64.8. The lowest BCUT2D eigenvalue weighted by molar-refractivity contribution is 0.0685. The van der Waals surface area contributed by atoms with E-state index < -0.39 is 96.0 Å². The molecule has 0 spiro atoms. The van der Waals surface area contributed by atoms with Crippen molar-refractivity contribution in [3.63, 3.8) is 0 Å². The molecule has 0 saturated carbocycles. The van der Waals surface area contributed by atoms with Crippen LogP contribution < -0.4 is 77.5 Å². The molecule has 9 rings (SSSR count). The predicted molar refractivity (Wildman–Crippen MR) is 540 cm³/mol. The van der Waals surface area contributed by atoms with Crippen LogP contribution in [0.5, 0.6) is 11.5 Å². The molecule has 3 heterocycles. The van der Waals surface area contributed by atoms with Crippen LogP contribution in [0.15, 0.2) is 175 Å². The lowest BCUT2D eigenvalue weighted by Crippen LogP contribution is -2.16. The van der Waals surface area contributed by atoms with E-state index in [2.05, 4.69) is 53.0 Å². The van der Waals surface area contributed by atoms with E-state index in [1.54, 1.807) is 38.2 Å². The van der Waals surface area contributed by atoms with Crippen LogP contribution in [0, 0.1) is 6.92 Å². The minimum Gasteiger partial charge on any atom is -0.493 e. The first-order valence-electron chi connectivity index (χ1n) is 43.4. The number of nitrogens with two attached hydrogens (primary N) is 6. The van der Waals surface area contributed by atoms with Crippen molar-refractivity contribution in [2.45, 2.75) is 209 Å². The van der Waals surface area contributed by atoms with Crippen LogP contribution in [0.3, 0.4) is 0 Å². The summed E-state index contributed by atoms with van der Waals surface area (Å²) in [7, 11) is -21.5. The summed E-state index contributed by atoms with van der Waals surface area (Å²) < 4.78 is 159. The normalized spacial score (nSPS) is 11.5. The van der Waals surface area contributed by atoms with Crippen molar-refractivity contribution >= 4 is 165 Å². The number of hydrogen-bond acceptors (Lipinski definition) is 32. The molecule has 50 heteroatoms. The van der Waals surface area contributed by atoms with E-state index >= 15 is 0 Å². The van der Waals surface area contributed by atoms with E-state index in [1.807, 2.05) is 72.7 Å². The predicted octanol–water partition coefficient (Wildman–Crippen LogP) is 14.4. The van der Waals surface area contributed by atoms with Crippen molar-refractivity contribution in [3.05, 3.63) is 161 Å². The quantitative estimate of drug-likeness (QED) is 0.0124. The highest BCUT2D eigenvalue weighted by Gasteiger charge is 2.28. The summed E-state index contributed by atoms with van der Waals surface area (Å²) in [4.78, 5) is 66.8. The molecular weight excluding hydrogens is 1980 g/mol. The maximum absolute atomic E-state index is 11.9. The number of carboxylic acids is 6. The summed E-state index contributed by atoms with van der Waals surface area (Å²) in [5, 5.41) is 107. The van der Waals surface area contributed by atoms with Crippen LogP contribution in [0.4, 0.5) is 34.1 Å². The number of aromatic carboxylic acids is 6. The first-order valence-corrected chi connectivity index (χ1v) is 55.9. The highest BCUT2D eigenvalue weighted by molar-refractivity contribution is 8.00. The highest BCUT2D eigenvalue weighted by atomic mass is 32.2. The van der Waals surface area contributed by atoms with Gasteiger partial charge in [0, 0.05) is 45.0 Å². The number of sulfonamides is 6. The van der Waals surface area contributed by atoms with Crippen LogP contribution in [-0.2, 0) is 60.1 Å². The smallest absolute Gasteiger partial charge is 0.335 e. The Morgan fingerprint density at radius 3 is 0.797 bits per heavy atom. The Bertz CT molecular complexity index is 5580.